The number of nitrogens with one attached hydrogen (secondary N) is 2. The van der Waals surface area contributed by atoms with Crippen LogP contribution in [0, 0.1) is 12.7 Å². The molecule has 0 saturated heterocycles. The largest absolute Gasteiger partial charge is 0.493 e. The Morgan fingerprint density at radius 2 is 1.94 bits per heavy atom. The van der Waals surface area contributed by atoms with Gasteiger partial charge in [-0.15, -0.1) is 0 Å². The number of ether oxygens (including phenoxy) is 2. The van der Waals surface area contributed by atoms with Crippen molar-refractivity contribution in [2.24, 2.45) is 0 Å². The van der Waals surface area contributed by atoms with Crippen LogP contribution in [-0.2, 0) is 4.79 Å². The van der Waals surface area contributed by atoms with E-state index in [4.69, 9.17) is 9.47 Å². The normalized spacial score (nSPS) is 10.7. The number of hydrogen-bond donors (Lipinski definition) is 2. The number of unbranched alkanes of at least 4 members (excludes halogenated alkanes) is 2. The van der Waals surface area contributed by atoms with Crippen molar-refractivity contribution >= 4 is 28.3 Å². The Hall–Kier alpha value is -3.42. The molecule has 31 heavy (non-hydrogen) atoms. The predicted octanol–water partition coefficient (Wildman–Crippen LogP) is 4.51. The van der Waals surface area contributed by atoms with E-state index in [1.807, 2.05) is 13.0 Å². The van der Waals surface area contributed by atoms with Crippen LogP contribution in [0.25, 0.3) is 10.9 Å². The lowest BCUT2D eigenvalue weighted by Gasteiger charge is -2.14. The van der Waals surface area contributed by atoms with Crippen molar-refractivity contribution in [3.8, 4) is 11.5 Å². The Morgan fingerprint density at radius 1 is 1.10 bits per heavy atom. The van der Waals surface area contributed by atoms with Crippen LogP contribution < -0.4 is 20.1 Å². The molecule has 0 unspecified atom stereocenters. The van der Waals surface area contributed by atoms with Crippen LogP contribution in [0.4, 0.5) is 15.9 Å². The molecule has 0 radical (unpaired) electrons. The monoisotopic (exact) mass is 426 g/mol. The van der Waals surface area contributed by atoms with Crippen LogP contribution in [-0.4, -0.2) is 36.6 Å². The molecular formula is C23H27FN4O3. The quantitative estimate of drug-likeness (QED) is 0.464. The first-order chi connectivity index (χ1) is 15.0. The number of halogens is 1. The molecule has 164 valence electrons. The molecule has 1 amide bonds. The molecule has 0 aliphatic carbocycles. The molecule has 0 fully saturated rings. The van der Waals surface area contributed by atoms with Gasteiger partial charge in [-0.05, 0) is 49.9 Å². The van der Waals surface area contributed by atoms with Crippen molar-refractivity contribution in [3.05, 3.63) is 48.0 Å². The second-order valence-electron chi connectivity index (χ2n) is 7.18. The van der Waals surface area contributed by atoms with Gasteiger partial charge in [0.15, 0.2) is 11.5 Å². The number of aryl methyl sites for hydroxylation is 1. The number of benzene rings is 2. The van der Waals surface area contributed by atoms with E-state index >= 15 is 0 Å². The van der Waals surface area contributed by atoms with E-state index in [1.165, 1.54) is 12.4 Å². The molecule has 2 N–H and O–H groups in total. The number of fused-ring (bicyclic) bond motifs is 1. The van der Waals surface area contributed by atoms with Crippen molar-refractivity contribution in [3.63, 3.8) is 0 Å². The van der Waals surface area contributed by atoms with Crippen LogP contribution >= 0.6 is 0 Å². The standard InChI is InChI=1S/C23H27FN4O3/c1-15-8-9-18(17(24)11-15)28-23-16-12-20(30-3)21(13-19(16)26-14-27-23)31-10-6-4-5-7-22(29)25-2/h8-9,11-14H,4-7,10H2,1-3H3,(H,25,29)(H,26,27,28). The Kier molecular flexibility index (Phi) is 7.59. The van der Waals surface area contributed by atoms with Crippen molar-refractivity contribution in [2.75, 3.05) is 26.1 Å². The number of anilines is 2. The van der Waals surface area contributed by atoms with Gasteiger partial charge in [0, 0.05) is 24.9 Å². The van der Waals surface area contributed by atoms with Crippen LogP contribution in [0.5, 0.6) is 11.5 Å². The smallest absolute Gasteiger partial charge is 0.219 e. The molecular weight excluding hydrogens is 399 g/mol. The third-order valence-corrected chi connectivity index (χ3v) is 4.88. The Labute approximate surface area is 181 Å². The van der Waals surface area contributed by atoms with Gasteiger partial charge in [-0.2, -0.15) is 0 Å². The molecule has 0 spiro atoms. The summed E-state index contributed by atoms with van der Waals surface area (Å²) >= 11 is 0. The molecule has 1 aromatic heterocycles. The van der Waals surface area contributed by atoms with Gasteiger partial charge < -0.3 is 20.1 Å². The highest BCUT2D eigenvalue weighted by Gasteiger charge is 2.13. The van der Waals surface area contributed by atoms with E-state index in [9.17, 15) is 9.18 Å². The Morgan fingerprint density at radius 3 is 2.68 bits per heavy atom. The summed E-state index contributed by atoms with van der Waals surface area (Å²) in [6.45, 7) is 2.33. The summed E-state index contributed by atoms with van der Waals surface area (Å²) in [4.78, 5) is 19.8. The van der Waals surface area contributed by atoms with Gasteiger partial charge in [0.2, 0.25) is 5.91 Å². The van der Waals surface area contributed by atoms with Gasteiger partial charge in [0.25, 0.3) is 0 Å². The van der Waals surface area contributed by atoms with Crippen LogP contribution in [0.3, 0.4) is 0 Å². The lowest BCUT2D eigenvalue weighted by atomic mass is 10.2. The number of carbonyl (C=O) groups excluding carboxylic acids is 1. The molecule has 0 saturated carbocycles. The van der Waals surface area contributed by atoms with Gasteiger partial charge in [0.05, 0.1) is 24.9 Å². The summed E-state index contributed by atoms with van der Waals surface area (Å²) < 4.78 is 25.6. The first-order valence-electron chi connectivity index (χ1n) is 10.2. The minimum atomic E-state index is -0.352. The minimum Gasteiger partial charge on any atom is -0.493 e. The van der Waals surface area contributed by atoms with Crippen molar-refractivity contribution in [2.45, 2.75) is 32.6 Å². The SMILES string of the molecule is CNC(=O)CCCCCOc1cc2ncnc(Nc3ccc(C)cc3F)c2cc1OC. The molecule has 8 heteroatoms. The maximum atomic E-state index is 14.3. The molecule has 0 aliphatic heterocycles. The number of methoxy groups -OCH3 is 1. The maximum absolute atomic E-state index is 14.3. The highest BCUT2D eigenvalue weighted by atomic mass is 19.1. The Balaban J connectivity index is 1.73. The van der Waals surface area contributed by atoms with Gasteiger partial charge in [-0.3, -0.25) is 4.79 Å². The zero-order valence-electron chi connectivity index (χ0n) is 18.0. The van der Waals surface area contributed by atoms with Gasteiger partial charge in [0.1, 0.15) is 18.0 Å². The molecule has 1 heterocycles. The fraction of sp³-hybridized carbons (Fsp3) is 0.348. The van der Waals surface area contributed by atoms with Crippen LogP contribution in [0.2, 0.25) is 0 Å². The number of hydrogen-bond acceptors (Lipinski definition) is 6. The number of rotatable bonds is 10. The number of carbonyl (C=O) groups is 1. The topological polar surface area (TPSA) is 85.4 Å². The highest BCUT2D eigenvalue weighted by Crippen LogP contribution is 2.35. The summed E-state index contributed by atoms with van der Waals surface area (Å²) in [5.74, 6) is 1.29. The average Bonchev–Trinajstić information content (AvgIpc) is 2.77. The molecule has 0 aliphatic rings. The van der Waals surface area contributed by atoms with E-state index in [0.29, 0.717) is 46.9 Å². The molecule has 2 aromatic carbocycles. The summed E-state index contributed by atoms with van der Waals surface area (Å²) in [5.41, 5.74) is 1.83. The fourth-order valence-corrected chi connectivity index (χ4v) is 3.16. The summed E-state index contributed by atoms with van der Waals surface area (Å²) in [6, 6.07) is 8.54. The highest BCUT2D eigenvalue weighted by molar-refractivity contribution is 5.93. The van der Waals surface area contributed by atoms with E-state index in [-0.39, 0.29) is 11.7 Å². The van der Waals surface area contributed by atoms with Crippen LogP contribution in [0.1, 0.15) is 31.2 Å². The maximum Gasteiger partial charge on any atom is 0.219 e. The van der Waals surface area contributed by atoms with Gasteiger partial charge in [-0.1, -0.05) is 6.07 Å². The zero-order valence-corrected chi connectivity index (χ0v) is 18.0. The molecule has 0 atom stereocenters. The second-order valence-corrected chi connectivity index (χ2v) is 7.18. The minimum absolute atomic E-state index is 0.0479. The van der Waals surface area contributed by atoms with Crippen LogP contribution in [0.15, 0.2) is 36.7 Å². The van der Waals surface area contributed by atoms with E-state index in [2.05, 4.69) is 20.6 Å². The van der Waals surface area contributed by atoms with E-state index in [0.717, 1.165) is 24.8 Å². The zero-order chi connectivity index (χ0) is 22.2. The predicted molar refractivity (Wildman–Crippen MR) is 119 cm³/mol. The molecule has 0 bridgehead atoms. The fourth-order valence-electron chi connectivity index (χ4n) is 3.16. The van der Waals surface area contributed by atoms with Gasteiger partial charge >= 0.3 is 0 Å². The van der Waals surface area contributed by atoms with Crippen molar-refractivity contribution < 1.29 is 18.7 Å². The first kappa shape index (κ1) is 22.3. The number of amides is 1. The third kappa shape index (κ3) is 5.81. The summed E-state index contributed by atoms with van der Waals surface area (Å²) in [5, 5.41) is 6.34. The lowest BCUT2D eigenvalue weighted by Crippen LogP contribution is -2.16. The number of nitrogens with zero attached hydrogens (tertiary/aromatic N) is 2. The van der Waals surface area contributed by atoms with Gasteiger partial charge in [-0.25, -0.2) is 14.4 Å². The van der Waals surface area contributed by atoms with Crippen molar-refractivity contribution in [1.29, 1.82) is 0 Å². The van der Waals surface area contributed by atoms with Crippen molar-refractivity contribution in [1.82, 2.24) is 15.3 Å². The summed E-state index contributed by atoms with van der Waals surface area (Å²) in [7, 11) is 3.20. The summed E-state index contributed by atoms with van der Waals surface area (Å²) in [6.07, 6.45) is 4.47. The second kappa shape index (κ2) is 10.6. The Bertz CT molecular complexity index is 1060. The number of aromatic nitrogens is 2. The molecule has 7 nitrogen and oxygen atoms in total. The first-order valence-corrected chi connectivity index (χ1v) is 10.2. The van der Waals surface area contributed by atoms with E-state index < -0.39 is 0 Å². The molecule has 3 aromatic rings. The average molecular weight is 426 g/mol. The third-order valence-electron chi connectivity index (χ3n) is 4.88. The lowest BCUT2D eigenvalue weighted by molar-refractivity contribution is -0.120. The van der Waals surface area contributed by atoms with E-state index in [1.54, 1.807) is 32.4 Å². The molecule has 3 rings (SSSR count).